The van der Waals surface area contributed by atoms with Gasteiger partial charge in [-0.25, -0.2) is 0 Å². The van der Waals surface area contributed by atoms with E-state index >= 15 is 0 Å². The molecule has 25 heavy (non-hydrogen) atoms. The number of halogens is 2. The zero-order valence-corrected chi connectivity index (χ0v) is 15.9. The van der Waals surface area contributed by atoms with Crippen molar-refractivity contribution in [3.05, 3.63) is 53.3 Å². The van der Waals surface area contributed by atoms with E-state index < -0.39 is 5.54 Å². The van der Waals surface area contributed by atoms with E-state index in [0.717, 1.165) is 31.5 Å². The molecular formula is C18H24Cl2N4O. The van der Waals surface area contributed by atoms with Crippen LogP contribution < -0.4 is 5.32 Å². The molecule has 0 radical (unpaired) electrons. The third-order valence-corrected chi connectivity index (χ3v) is 4.94. The molecule has 2 heterocycles. The number of likely N-dealkylation sites (N-methyl/N-ethyl adjacent to an activating group) is 1. The van der Waals surface area contributed by atoms with Gasteiger partial charge in [-0.1, -0.05) is 23.7 Å². The van der Waals surface area contributed by atoms with Gasteiger partial charge in [0.2, 0.25) is 0 Å². The van der Waals surface area contributed by atoms with Gasteiger partial charge < -0.3 is 10.2 Å². The van der Waals surface area contributed by atoms with Crippen LogP contribution in [0.25, 0.3) is 0 Å². The van der Waals surface area contributed by atoms with Crippen molar-refractivity contribution in [3.8, 4) is 0 Å². The van der Waals surface area contributed by atoms with Crippen LogP contribution in [-0.4, -0.2) is 40.2 Å². The van der Waals surface area contributed by atoms with E-state index in [2.05, 4.69) is 10.4 Å². The quantitative estimate of drug-likeness (QED) is 0.864. The van der Waals surface area contributed by atoms with Gasteiger partial charge in [0.15, 0.2) is 0 Å². The lowest BCUT2D eigenvalue weighted by Crippen LogP contribution is -2.55. The second-order valence-corrected chi connectivity index (χ2v) is 6.62. The van der Waals surface area contributed by atoms with Crippen molar-refractivity contribution >= 4 is 29.9 Å². The lowest BCUT2D eigenvalue weighted by molar-refractivity contribution is -0.143. The molecule has 1 saturated heterocycles. The maximum atomic E-state index is 13.4. The minimum Gasteiger partial charge on any atom is -0.337 e. The Morgan fingerprint density at radius 2 is 2.12 bits per heavy atom. The van der Waals surface area contributed by atoms with E-state index in [4.69, 9.17) is 11.6 Å². The summed E-state index contributed by atoms with van der Waals surface area (Å²) >= 11 is 6.08. The molecule has 2 aromatic rings. The highest BCUT2D eigenvalue weighted by Gasteiger charge is 2.44. The number of carbonyl (C=O) groups is 1. The Bertz CT molecular complexity index is 684. The van der Waals surface area contributed by atoms with E-state index in [1.54, 1.807) is 6.20 Å². The van der Waals surface area contributed by atoms with Crippen LogP contribution in [0.4, 0.5) is 0 Å². The van der Waals surface area contributed by atoms with E-state index in [1.165, 1.54) is 0 Å². The van der Waals surface area contributed by atoms with Crippen LogP contribution >= 0.6 is 24.0 Å². The van der Waals surface area contributed by atoms with Crippen LogP contribution in [0.15, 0.2) is 42.7 Å². The van der Waals surface area contributed by atoms with E-state index in [9.17, 15) is 4.79 Å². The maximum Gasteiger partial charge on any atom is 0.250 e. The molecule has 0 bridgehead atoms. The highest BCUT2D eigenvalue weighted by atomic mass is 35.5. The summed E-state index contributed by atoms with van der Waals surface area (Å²) in [4.78, 5) is 15.3. The molecule has 1 amide bonds. The number of hydrogen-bond donors (Lipinski definition) is 1. The molecule has 0 aliphatic carbocycles. The normalized spacial score (nSPS) is 16.1. The molecule has 136 valence electrons. The number of aromatic nitrogens is 2. The lowest BCUT2D eigenvalue weighted by Gasteiger charge is -2.40. The monoisotopic (exact) mass is 382 g/mol. The summed E-state index contributed by atoms with van der Waals surface area (Å²) in [6.07, 6.45) is 5.14. The van der Waals surface area contributed by atoms with Crippen LogP contribution in [0.3, 0.4) is 0 Å². The first-order valence-corrected chi connectivity index (χ1v) is 8.78. The number of carbonyl (C=O) groups excluding carboxylic acids is 1. The van der Waals surface area contributed by atoms with E-state index in [-0.39, 0.29) is 18.3 Å². The van der Waals surface area contributed by atoms with Crippen molar-refractivity contribution in [2.24, 2.45) is 0 Å². The Hall–Kier alpha value is -1.56. The molecule has 1 aliphatic heterocycles. The van der Waals surface area contributed by atoms with E-state index in [0.29, 0.717) is 18.1 Å². The number of benzene rings is 1. The standard InChI is InChI=1S/C18H23ClN4O.ClH/c1-2-22(14-15-5-3-6-16(19)13-15)17(24)18(7-10-20-11-8-18)23-12-4-9-21-23;/h3-6,9,12-13,20H,2,7-8,10-11,14H2,1H3;1H. The largest absolute Gasteiger partial charge is 0.337 e. The average Bonchev–Trinajstić information content (AvgIpc) is 3.15. The Morgan fingerprint density at radius 1 is 1.36 bits per heavy atom. The first-order valence-electron chi connectivity index (χ1n) is 8.40. The van der Waals surface area contributed by atoms with Gasteiger partial charge in [0.25, 0.3) is 5.91 Å². The van der Waals surface area contributed by atoms with Gasteiger partial charge in [-0.15, -0.1) is 12.4 Å². The van der Waals surface area contributed by atoms with Gasteiger partial charge in [0.05, 0.1) is 0 Å². The summed E-state index contributed by atoms with van der Waals surface area (Å²) in [5.41, 5.74) is 0.450. The summed E-state index contributed by atoms with van der Waals surface area (Å²) in [5, 5.41) is 8.43. The summed E-state index contributed by atoms with van der Waals surface area (Å²) in [6.45, 7) is 4.87. The lowest BCUT2D eigenvalue weighted by atomic mass is 9.86. The molecule has 7 heteroatoms. The molecule has 1 fully saturated rings. The molecular weight excluding hydrogens is 359 g/mol. The van der Waals surface area contributed by atoms with Crippen molar-refractivity contribution in [2.75, 3.05) is 19.6 Å². The molecule has 1 aromatic carbocycles. The predicted molar refractivity (Wildman–Crippen MR) is 102 cm³/mol. The molecule has 1 aromatic heterocycles. The third kappa shape index (κ3) is 4.17. The smallest absolute Gasteiger partial charge is 0.250 e. The molecule has 0 atom stereocenters. The fourth-order valence-corrected chi connectivity index (χ4v) is 3.59. The molecule has 5 nitrogen and oxygen atoms in total. The average molecular weight is 383 g/mol. The number of nitrogens with one attached hydrogen (secondary N) is 1. The zero-order chi connectivity index (χ0) is 17.0. The minimum absolute atomic E-state index is 0. The van der Waals surface area contributed by atoms with Gasteiger partial charge in [-0.05, 0) is 56.6 Å². The van der Waals surface area contributed by atoms with E-state index in [1.807, 2.05) is 53.0 Å². The summed E-state index contributed by atoms with van der Waals surface area (Å²) in [7, 11) is 0. The Morgan fingerprint density at radius 3 is 2.72 bits per heavy atom. The van der Waals surface area contributed by atoms with Crippen molar-refractivity contribution in [2.45, 2.75) is 31.8 Å². The van der Waals surface area contributed by atoms with Crippen LogP contribution in [0.2, 0.25) is 5.02 Å². The summed E-state index contributed by atoms with van der Waals surface area (Å²) in [6, 6.07) is 9.57. The molecule has 3 rings (SSSR count). The van der Waals surface area contributed by atoms with Crippen molar-refractivity contribution in [3.63, 3.8) is 0 Å². The van der Waals surface area contributed by atoms with Gasteiger partial charge in [-0.3, -0.25) is 9.48 Å². The molecule has 0 spiro atoms. The Kier molecular flexibility index (Phi) is 6.87. The zero-order valence-electron chi connectivity index (χ0n) is 14.3. The number of hydrogen-bond acceptors (Lipinski definition) is 3. The Balaban J connectivity index is 0.00000225. The molecule has 1 N–H and O–H groups in total. The topological polar surface area (TPSA) is 50.2 Å². The fourth-order valence-electron chi connectivity index (χ4n) is 3.38. The number of amides is 1. The fraction of sp³-hybridized carbons (Fsp3) is 0.444. The third-order valence-electron chi connectivity index (χ3n) is 4.70. The van der Waals surface area contributed by atoms with Gasteiger partial charge >= 0.3 is 0 Å². The summed E-state index contributed by atoms with van der Waals surface area (Å²) in [5.74, 6) is 0.134. The first kappa shape index (κ1) is 19.8. The van der Waals surface area contributed by atoms with Crippen LogP contribution in [0, 0.1) is 0 Å². The number of rotatable bonds is 5. The SMILES string of the molecule is CCN(Cc1cccc(Cl)c1)C(=O)C1(n2cccn2)CCNCC1.Cl. The highest BCUT2D eigenvalue weighted by Crippen LogP contribution is 2.30. The molecule has 0 unspecified atom stereocenters. The first-order chi connectivity index (χ1) is 11.7. The van der Waals surface area contributed by atoms with Crippen molar-refractivity contribution < 1.29 is 4.79 Å². The van der Waals surface area contributed by atoms with Gasteiger partial charge in [0.1, 0.15) is 5.54 Å². The van der Waals surface area contributed by atoms with Crippen molar-refractivity contribution in [1.82, 2.24) is 20.0 Å². The maximum absolute atomic E-state index is 13.4. The second-order valence-electron chi connectivity index (χ2n) is 6.18. The Labute approximate surface area is 159 Å². The van der Waals surface area contributed by atoms with Crippen LogP contribution in [-0.2, 0) is 16.9 Å². The van der Waals surface area contributed by atoms with Crippen LogP contribution in [0.1, 0.15) is 25.3 Å². The van der Waals surface area contributed by atoms with Crippen LogP contribution in [0.5, 0.6) is 0 Å². The second kappa shape index (κ2) is 8.70. The number of nitrogens with zero attached hydrogens (tertiary/aromatic N) is 3. The predicted octanol–water partition coefficient (Wildman–Crippen LogP) is 3.09. The van der Waals surface area contributed by atoms with Gasteiger partial charge in [0, 0.05) is 30.5 Å². The summed E-state index contributed by atoms with van der Waals surface area (Å²) < 4.78 is 1.84. The number of piperidine rings is 1. The van der Waals surface area contributed by atoms with Gasteiger partial charge in [-0.2, -0.15) is 5.10 Å². The molecule has 0 saturated carbocycles. The highest BCUT2D eigenvalue weighted by molar-refractivity contribution is 6.30. The molecule has 1 aliphatic rings. The van der Waals surface area contributed by atoms with Crippen molar-refractivity contribution in [1.29, 1.82) is 0 Å². The minimum atomic E-state index is -0.594.